The summed E-state index contributed by atoms with van der Waals surface area (Å²) in [6, 6.07) is 6.73. The maximum Gasteiger partial charge on any atom is 0.243 e. The van der Waals surface area contributed by atoms with Crippen molar-refractivity contribution >= 4 is 10.0 Å². The lowest BCUT2D eigenvalue weighted by atomic mass is 10.1. The second-order valence-corrected chi connectivity index (χ2v) is 6.51. The highest BCUT2D eigenvalue weighted by Crippen LogP contribution is 2.21. The number of nitrogens with two attached hydrogens (primary N) is 1. The Hall–Kier alpha value is -0.950. The largest absolute Gasteiger partial charge is 0.383 e. The minimum atomic E-state index is -3.49. The maximum absolute atomic E-state index is 12.6. The Morgan fingerprint density at radius 3 is 2.60 bits per heavy atom. The van der Waals surface area contributed by atoms with Gasteiger partial charge in [0.15, 0.2) is 0 Å². The van der Waals surface area contributed by atoms with Crippen LogP contribution in [-0.2, 0) is 14.8 Å². The Labute approximate surface area is 121 Å². The number of sulfonamides is 1. The summed E-state index contributed by atoms with van der Waals surface area (Å²) in [7, 11) is -1.93. The van der Waals surface area contributed by atoms with E-state index in [0.717, 1.165) is 12.0 Å². The van der Waals surface area contributed by atoms with Gasteiger partial charge in [-0.05, 0) is 24.1 Å². The maximum atomic E-state index is 12.6. The molecule has 1 unspecified atom stereocenters. The van der Waals surface area contributed by atoms with Gasteiger partial charge in [0.25, 0.3) is 0 Å². The molecular weight excluding hydrogens is 276 g/mol. The van der Waals surface area contributed by atoms with Crippen LogP contribution < -0.4 is 5.73 Å². The first kappa shape index (κ1) is 17.1. The summed E-state index contributed by atoms with van der Waals surface area (Å²) in [5, 5.41) is 0. The Morgan fingerprint density at radius 2 is 2.05 bits per heavy atom. The van der Waals surface area contributed by atoms with Crippen molar-refractivity contribution in [2.24, 2.45) is 5.73 Å². The number of hydrogen-bond acceptors (Lipinski definition) is 4. The number of ether oxygens (including phenoxy) is 1. The van der Waals surface area contributed by atoms with Gasteiger partial charge in [-0.25, -0.2) is 8.42 Å². The quantitative estimate of drug-likeness (QED) is 0.794. The van der Waals surface area contributed by atoms with E-state index in [9.17, 15) is 8.42 Å². The summed E-state index contributed by atoms with van der Waals surface area (Å²) in [5.74, 6) is 0. The van der Waals surface area contributed by atoms with E-state index in [1.165, 1.54) is 4.31 Å². The van der Waals surface area contributed by atoms with Crippen molar-refractivity contribution in [3.05, 3.63) is 29.8 Å². The van der Waals surface area contributed by atoms with Gasteiger partial charge >= 0.3 is 0 Å². The first-order valence-electron chi connectivity index (χ1n) is 6.82. The fraction of sp³-hybridized carbons (Fsp3) is 0.571. The first-order chi connectivity index (χ1) is 9.47. The van der Waals surface area contributed by atoms with Gasteiger partial charge in [0.05, 0.1) is 11.5 Å². The van der Waals surface area contributed by atoms with E-state index in [1.54, 1.807) is 25.3 Å². The van der Waals surface area contributed by atoms with Crippen molar-refractivity contribution < 1.29 is 13.2 Å². The van der Waals surface area contributed by atoms with Crippen LogP contribution in [-0.4, -0.2) is 39.5 Å². The van der Waals surface area contributed by atoms with Gasteiger partial charge in [0.1, 0.15) is 0 Å². The van der Waals surface area contributed by atoms with Crippen LogP contribution in [0.1, 0.15) is 31.9 Å². The molecule has 0 aromatic heterocycles. The van der Waals surface area contributed by atoms with Crippen LogP contribution in [0.25, 0.3) is 0 Å². The lowest BCUT2D eigenvalue weighted by molar-refractivity contribution is 0.180. The van der Waals surface area contributed by atoms with Crippen LogP contribution in [0.2, 0.25) is 0 Å². The molecule has 20 heavy (non-hydrogen) atoms. The summed E-state index contributed by atoms with van der Waals surface area (Å²) in [4.78, 5) is 0.289. The van der Waals surface area contributed by atoms with Crippen molar-refractivity contribution in [1.29, 1.82) is 0 Å². The van der Waals surface area contributed by atoms with Crippen LogP contribution in [0, 0.1) is 0 Å². The number of likely N-dealkylation sites (N-methyl/N-ethyl adjacent to an activating group) is 1. The predicted molar refractivity (Wildman–Crippen MR) is 80.0 cm³/mol. The molecular formula is C14H24N2O3S. The van der Waals surface area contributed by atoms with E-state index >= 15 is 0 Å². The van der Waals surface area contributed by atoms with Gasteiger partial charge in [-0.15, -0.1) is 0 Å². The SMILES string of the molecule is CCC(N)c1cccc(S(=O)(=O)N(CC)CCOC)c1. The Bertz CT molecular complexity index is 517. The number of methoxy groups -OCH3 is 1. The average Bonchev–Trinajstić information content (AvgIpc) is 2.47. The molecule has 5 nitrogen and oxygen atoms in total. The van der Waals surface area contributed by atoms with E-state index in [0.29, 0.717) is 19.7 Å². The molecule has 0 saturated heterocycles. The molecule has 114 valence electrons. The van der Waals surface area contributed by atoms with Gasteiger partial charge < -0.3 is 10.5 Å². The van der Waals surface area contributed by atoms with Crippen molar-refractivity contribution in [2.45, 2.75) is 31.2 Å². The number of benzene rings is 1. The van der Waals surface area contributed by atoms with Crippen LogP contribution in [0.4, 0.5) is 0 Å². The molecule has 2 N–H and O–H groups in total. The van der Waals surface area contributed by atoms with Crippen LogP contribution in [0.3, 0.4) is 0 Å². The number of nitrogens with zero attached hydrogens (tertiary/aromatic N) is 1. The molecule has 1 atom stereocenters. The first-order valence-corrected chi connectivity index (χ1v) is 8.26. The third-order valence-corrected chi connectivity index (χ3v) is 5.23. The van der Waals surface area contributed by atoms with Gasteiger partial charge in [-0.2, -0.15) is 4.31 Å². The molecule has 1 rings (SSSR count). The van der Waals surface area contributed by atoms with Crippen LogP contribution >= 0.6 is 0 Å². The zero-order chi connectivity index (χ0) is 15.2. The zero-order valence-electron chi connectivity index (χ0n) is 12.4. The average molecular weight is 300 g/mol. The minimum absolute atomic E-state index is 0.140. The van der Waals surface area contributed by atoms with Crippen molar-refractivity contribution in [3.63, 3.8) is 0 Å². The fourth-order valence-corrected chi connectivity index (χ4v) is 3.42. The van der Waals surface area contributed by atoms with Gasteiger partial charge in [0, 0.05) is 26.2 Å². The minimum Gasteiger partial charge on any atom is -0.383 e. The van der Waals surface area contributed by atoms with Crippen molar-refractivity contribution in [2.75, 3.05) is 26.8 Å². The zero-order valence-corrected chi connectivity index (χ0v) is 13.2. The van der Waals surface area contributed by atoms with E-state index in [1.807, 2.05) is 19.9 Å². The van der Waals surface area contributed by atoms with E-state index in [4.69, 9.17) is 10.5 Å². The molecule has 0 aliphatic heterocycles. The Balaban J connectivity index is 3.07. The molecule has 0 fully saturated rings. The molecule has 0 bridgehead atoms. The summed E-state index contributed by atoms with van der Waals surface area (Å²) in [6.45, 7) is 4.92. The number of rotatable bonds is 8. The smallest absolute Gasteiger partial charge is 0.243 e. The van der Waals surface area contributed by atoms with E-state index in [-0.39, 0.29) is 10.9 Å². The standard InChI is InChI=1S/C14H24N2O3S/c1-4-14(15)12-7-6-8-13(11-12)20(17,18)16(5-2)9-10-19-3/h6-8,11,14H,4-5,9-10,15H2,1-3H3. The molecule has 6 heteroatoms. The second-order valence-electron chi connectivity index (χ2n) is 4.58. The normalized spacial score (nSPS) is 13.7. The highest BCUT2D eigenvalue weighted by atomic mass is 32.2. The van der Waals surface area contributed by atoms with Crippen molar-refractivity contribution in [1.82, 2.24) is 4.31 Å². The molecule has 0 saturated carbocycles. The molecule has 0 radical (unpaired) electrons. The Morgan fingerprint density at radius 1 is 1.35 bits per heavy atom. The monoisotopic (exact) mass is 300 g/mol. The van der Waals surface area contributed by atoms with Crippen molar-refractivity contribution in [3.8, 4) is 0 Å². The topological polar surface area (TPSA) is 72.6 Å². The fourth-order valence-electron chi connectivity index (χ4n) is 1.93. The van der Waals surface area contributed by atoms with E-state index in [2.05, 4.69) is 0 Å². The van der Waals surface area contributed by atoms with Crippen LogP contribution in [0.5, 0.6) is 0 Å². The molecule has 0 amide bonds. The number of hydrogen-bond donors (Lipinski definition) is 1. The summed E-state index contributed by atoms with van der Waals surface area (Å²) in [6.07, 6.45) is 0.769. The highest BCUT2D eigenvalue weighted by molar-refractivity contribution is 7.89. The molecule has 0 heterocycles. The summed E-state index contributed by atoms with van der Waals surface area (Å²) in [5.41, 5.74) is 6.81. The summed E-state index contributed by atoms with van der Waals surface area (Å²) >= 11 is 0. The van der Waals surface area contributed by atoms with Crippen LogP contribution in [0.15, 0.2) is 29.2 Å². The van der Waals surface area contributed by atoms with Gasteiger partial charge in [-0.3, -0.25) is 0 Å². The molecule has 1 aromatic rings. The lowest BCUT2D eigenvalue weighted by Gasteiger charge is -2.21. The molecule has 0 aliphatic rings. The predicted octanol–water partition coefficient (Wildman–Crippen LogP) is 1.75. The summed E-state index contributed by atoms with van der Waals surface area (Å²) < 4.78 is 31.5. The third-order valence-electron chi connectivity index (χ3n) is 3.26. The van der Waals surface area contributed by atoms with Gasteiger partial charge in [-0.1, -0.05) is 26.0 Å². The molecule has 0 spiro atoms. The highest BCUT2D eigenvalue weighted by Gasteiger charge is 2.23. The van der Waals surface area contributed by atoms with Gasteiger partial charge in [0.2, 0.25) is 10.0 Å². The Kier molecular flexibility index (Phi) is 6.61. The second kappa shape index (κ2) is 7.73. The molecule has 1 aromatic carbocycles. The molecule has 0 aliphatic carbocycles. The lowest BCUT2D eigenvalue weighted by Crippen LogP contribution is -2.33. The third kappa shape index (κ3) is 4.02. The van der Waals surface area contributed by atoms with E-state index < -0.39 is 10.0 Å².